The van der Waals surface area contributed by atoms with Gasteiger partial charge >= 0.3 is 5.97 Å². The van der Waals surface area contributed by atoms with E-state index < -0.39 is 5.97 Å². The number of rotatable bonds is 6. The third-order valence-electron chi connectivity index (χ3n) is 5.61. The molecule has 5 rings (SSSR count). The van der Waals surface area contributed by atoms with Crippen LogP contribution in [-0.2, 0) is 6.54 Å². The van der Waals surface area contributed by atoms with Crippen LogP contribution in [0.4, 0.5) is 0 Å². The third-order valence-corrected chi connectivity index (χ3v) is 5.96. The molecule has 8 heteroatoms. The molecule has 33 heavy (non-hydrogen) atoms. The molecule has 0 saturated carbocycles. The number of carboxylic acid groups (broad SMARTS) is 1. The first-order chi connectivity index (χ1) is 16.1. The van der Waals surface area contributed by atoms with Gasteiger partial charge in [-0.3, -0.25) is 9.97 Å². The molecular formula is C25H20N4O3S. The molecule has 0 amide bonds. The molecule has 1 aliphatic rings. The molecule has 0 unspecified atom stereocenters. The highest BCUT2D eigenvalue weighted by Crippen LogP contribution is 2.41. The zero-order chi connectivity index (χ0) is 22.8. The van der Waals surface area contributed by atoms with E-state index in [4.69, 9.17) is 16.6 Å². The third kappa shape index (κ3) is 4.20. The van der Waals surface area contributed by atoms with E-state index in [9.17, 15) is 9.90 Å². The van der Waals surface area contributed by atoms with Crippen LogP contribution in [0.3, 0.4) is 0 Å². The fourth-order valence-electron chi connectivity index (χ4n) is 4.04. The molecule has 1 aromatic carbocycles. The number of aromatic nitrogens is 2. The highest BCUT2D eigenvalue weighted by Gasteiger charge is 2.41. The fourth-order valence-corrected chi connectivity index (χ4v) is 4.35. The summed E-state index contributed by atoms with van der Waals surface area (Å²) in [5, 5.41) is 13.3. The van der Waals surface area contributed by atoms with E-state index in [0.717, 1.165) is 11.3 Å². The lowest BCUT2D eigenvalue weighted by molar-refractivity contribution is 0.0697. The first-order valence-electron chi connectivity index (χ1n) is 10.4. The number of pyridine rings is 2. The monoisotopic (exact) mass is 456 g/mol. The molecule has 0 bridgehead atoms. The molecule has 7 nitrogen and oxygen atoms in total. The molecule has 2 N–H and O–H groups in total. The summed E-state index contributed by atoms with van der Waals surface area (Å²) < 4.78 is 6.28. The maximum atomic E-state index is 11.4. The van der Waals surface area contributed by atoms with Gasteiger partial charge < -0.3 is 19.7 Å². The van der Waals surface area contributed by atoms with Crippen LogP contribution in [0.1, 0.15) is 39.5 Å². The molecule has 1 aliphatic heterocycles. The number of aromatic carboxylic acids is 1. The Kier molecular flexibility index (Phi) is 5.58. The van der Waals surface area contributed by atoms with Crippen LogP contribution in [0.25, 0.3) is 11.3 Å². The number of hydrogen-bond donors (Lipinski definition) is 2. The topological polar surface area (TPSA) is 91.5 Å². The minimum atomic E-state index is -0.979. The Hall–Kier alpha value is -4.04. The SMILES string of the molecule is O=C(O)c1cccc(-c2ccc([C@@H]3[C@@H](c4ccccn4)NC(=S)N3Cc3ccncc3)o2)c1. The van der Waals surface area contributed by atoms with Gasteiger partial charge in [0.2, 0.25) is 0 Å². The Morgan fingerprint density at radius 2 is 1.91 bits per heavy atom. The normalized spacial score (nSPS) is 17.7. The van der Waals surface area contributed by atoms with Crippen LogP contribution in [0.15, 0.2) is 89.7 Å². The van der Waals surface area contributed by atoms with Crippen molar-refractivity contribution in [2.45, 2.75) is 18.6 Å². The van der Waals surface area contributed by atoms with Crippen LogP contribution >= 0.6 is 12.2 Å². The van der Waals surface area contributed by atoms with Crippen molar-refractivity contribution in [2.24, 2.45) is 0 Å². The molecule has 0 spiro atoms. The summed E-state index contributed by atoms with van der Waals surface area (Å²) in [5.41, 5.74) is 2.83. The molecule has 2 atom stereocenters. The Balaban J connectivity index is 1.53. The van der Waals surface area contributed by atoms with Crippen molar-refractivity contribution in [1.29, 1.82) is 0 Å². The quantitative estimate of drug-likeness (QED) is 0.407. The molecule has 0 aliphatic carbocycles. The molecule has 1 fully saturated rings. The summed E-state index contributed by atoms with van der Waals surface area (Å²) in [6.45, 7) is 0.576. The van der Waals surface area contributed by atoms with Crippen molar-refractivity contribution in [3.05, 3.63) is 108 Å². The smallest absolute Gasteiger partial charge is 0.335 e. The van der Waals surface area contributed by atoms with Gasteiger partial charge in [0.25, 0.3) is 0 Å². The van der Waals surface area contributed by atoms with Crippen molar-refractivity contribution < 1.29 is 14.3 Å². The summed E-state index contributed by atoms with van der Waals surface area (Å²) in [7, 11) is 0. The van der Waals surface area contributed by atoms with Gasteiger partial charge in [-0.1, -0.05) is 18.2 Å². The summed E-state index contributed by atoms with van der Waals surface area (Å²) in [4.78, 5) is 22.1. The van der Waals surface area contributed by atoms with E-state index >= 15 is 0 Å². The number of nitrogens with one attached hydrogen (secondary N) is 1. The van der Waals surface area contributed by atoms with E-state index in [1.807, 2.05) is 48.5 Å². The average Bonchev–Trinajstić information content (AvgIpc) is 3.45. The van der Waals surface area contributed by atoms with Crippen molar-refractivity contribution in [3.8, 4) is 11.3 Å². The van der Waals surface area contributed by atoms with Crippen molar-refractivity contribution in [1.82, 2.24) is 20.2 Å². The van der Waals surface area contributed by atoms with Gasteiger partial charge in [0.15, 0.2) is 5.11 Å². The van der Waals surface area contributed by atoms with Crippen LogP contribution in [0.2, 0.25) is 0 Å². The summed E-state index contributed by atoms with van der Waals surface area (Å²) in [5.74, 6) is 0.324. The first kappa shape index (κ1) is 20.8. The van der Waals surface area contributed by atoms with Gasteiger partial charge in [0.1, 0.15) is 17.6 Å². The molecule has 164 valence electrons. The number of nitrogens with zero attached hydrogens (tertiary/aromatic N) is 3. The number of carbonyl (C=O) groups is 1. The maximum Gasteiger partial charge on any atom is 0.335 e. The Morgan fingerprint density at radius 3 is 2.67 bits per heavy atom. The largest absolute Gasteiger partial charge is 0.478 e. The Labute approximate surface area is 195 Å². The summed E-state index contributed by atoms with van der Waals surface area (Å²) in [6, 6.07) is 19.7. The van der Waals surface area contributed by atoms with E-state index in [1.165, 1.54) is 0 Å². The maximum absolute atomic E-state index is 11.4. The van der Waals surface area contributed by atoms with E-state index in [-0.39, 0.29) is 17.6 Å². The number of furan rings is 1. The van der Waals surface area contributed by atoms with Gasteiger partial charge in [0.05, 0.1) is 17.3 Å². The van der Waals surface area contributed by atoms with Gasteiger partial charge in [0, 0.05) is 30.7 Å². The minimum absolute atomic E-state index is 0.204. The molecule has 1 saturated heterocycles. The fraction of sp³-hybridized carbons (Fsp3) is 0.120. The lowest BCUT2D eigenvalue weighted by Crippen LogP contribution is -2.29. The number of hydrogen-bond acceptors (Lipinski definition) is 5. The Bertz CT molecular complexity index is 1290. The predicted molar refractivity (Wildman–Crippen MR) is 126 cm³/mol. The second-order valence-corrected chi connectivity index (χ2v) is 8.08. The van der Waals surface area contributed by atoms with Crippen LogP contribution in [-0.4, -0.2) is 31.1 Å². The van der Waals surface area contributed by atoms with Crippen LogP contribution in [0, 0.1) is 0 Å². The highest BCUT2D eigenvalue weighted by molar-refractivity contribution is 7.80. The standard InChI is InChI=1S/C25H20N4O3S/c30-24(31)18-5-3-4-17(14-18)20-7-8-21(32-20)23-22(19-6-1-2-11-27-19)28-25(33)29(23)15-16-9-12-26-13-10-16/h1-14,22-23H,15H2,(H,28,33)(H,30,31)/t22-,23-/m1/s1. The second kappa shape index (κ2) is 8.84. The Morgan fingerprint density at radius 1 is 1.06 bits per heavy atom. The zero-order valence-corrected chi connectivity index (χ0v) is 18.3. The molecular weight excluding hydrogens is 436 g/mol. The van der Waals surface area contributed by atoms with Gasteiger partial charge in [-0.05, 0) is 66.3 Å². The van der Waals surface area contributed by atoms with Crippen LogP contribution in [0.5, 0.6) is 0 Å². The number of thiocarbonyl (C=S) groups is 1. The van der Waals surface area contributed by atoms with Crippen molar-refractivity contribution >= 4 is 23.3 Å². The number of carboxylic acids is 1. The summed E-state index contributed by atoms with van der Waals surface area (Å²) in [6.07, 6.45) is 5.27. The predicted octanol–water partition coefficient (Wildman–Crippen LogP) is 4.61. The highest BCUT2D eigenvalue weighted by atomic mass is 32.1. The lowest BCUT2D eigenvalue weighted by Gasteiger charge is -2.26. The van der Waals surface area contributed by atoms with E-state index in [1.54, 1.807) is 36.8 Å². The van der Waals surface area contributed by atoms with E-state index in [0.29, 0.717) is 28.7 Å². The first-order valence-corrected chi connectivity index (χ1v) is 10.8. The number of benzene rings is 1. The lowest BCUT2D eigenvalue weighted by atomic mass is 10.0. The van der Waals surface area contributed by atoms with Crippen molar-refractivity contribution in [3.63, 3.8) is 0 Å². The van der Waals surface area contributed by atoms with Gasteiger partial charge in [-0.25, -0.2) is 4.79 Å². The van der Waals surface area contributed by atoms with Crippen molar-refractivity contribution in [2.75, 3.05) is 0 Å². The zero-order valence-electron chi connectivity index (χ0n) is 17.5. The average molecular weight is 457 g/mol. The molecule has 4 heterocycles. The van der Waals surface area contributed by atoms with Gasteiger partial charge in [-0.15, -0.1) is 0 Å². The second-order valence-electron chi connectivity index (χ2n) is 7.70. The van der Waals surface area contributed by atoms with Crippen LogP contribution < -0.4 is 5.32 Å². The summed E-state index contributed by atoms with van der Waals surface area (Å²) >= 11 is 5.70. The minimum Gasteiger partial charge on any atom is -0.478 e. The molecule has 3 aromatic heterocycles. The van der Waals surface area contributed by atoms with Gasteiger partial charge in [-0.2, -0.15) is 0 Å². The molecule has 4 aromatic rings. The molecule has 0 radical (unpaired) electrons. The van der Waals surface area contributed by atoms with E-state index in [2.05, 4.69) is 20.2 Å².